The maximum absolute atomic E-state index is 12.4. The van der Waals surface area contributed by atoms with E-state index in [0.29, 0.717) is 18.5 Å². The lowest BCUT2D eigenvalue weighted by molar-refractivity contribution is -0.150. The molecule has 23 heavy (non-hydrogen) atoms. The largest absolute Gasteiger partial charge is 0.467 e. The topological polar surface area (TPSA) is 63.7 Å². The number of carbonyl (C=O) groups excluding carboxylic acids is 3. The Balaban J connectivity index is 2.00. The summed E-state index contributed by atoms with van der Waals surface area (Å²) in [7, 11) is 1.31. The summed E-state index contributed by atoms with van der Waals surface area (Å²) in [4.78, 5) is 37.4. The molecule has 1 unspecified atom stereocenters. The second-order valence-electron chi connectivity index (χ2n) is 5.31. The smallest absolute Gasteiger partial charge is 0.328 e. The molecule has 1 aliphatic heterocycles. The molecule has 0 N–H and O–H groups in total. The van der Waals surface area contributed by atoms with Crippen LogP contribution in [0.4, 0.5) is 0 Å². The van der Waals surface area contributed by atoms with Crippen LogP contribution in [0.5, 0.6) is 0 Å². The van der Waals surface area contributed by atoms with Crippen LogP contribution in [0, 0.1) is 0 Å². The molecule has 0 saturated carbocycles. The van der Waals surface area contributed by atoms with Crippen LogP contribution in [-0.4, -0.2) is 47.1 Å². The fourth-order valence-corrected chi connectivity index (χ4v) is 3.41. The van der Waals surface area contributed by atoms with Gasteiger partial charge in [0.2, 0.25) is 5.91 Å². The molecule has 124 valence electrons. The molecule has 5 nitrogen and oxygen atoms in total. The molecule has 1 saturated heterocycles. The monoisotopic (exact) mass is 445 g/mol. The molecular weight excluding hydrogens is 430 g/mol. The van der Waals surface area contributed by atoms with Gasteiger partial charge in [-0.3, -0.25) is 9.59 Å². The van der Waals surface area contributed by atoms with Crippen molar-refractivity contribution in [3.05, 3.63) is 34.3 Å². The molecule has 0 bridgehead atoms. The van der Waals surface area contributed by atoms with E-state index in [1.54, 1.807) is 24.3 Å². The van der Waals surface area contributed by atoms with Gasteiger partial charge < -0.3 is 9.64 Å². The number of methoxy groups -OCH3 is 1. The molecule has 0 aliphatic carbocycles. The Hall–Kier alpha value is -1.21. The van der Waals surface area contributed by atoms with Gasteiger partial charge in [-0.15, -0.1) is 0 Å². The lowest BCUT2D eigenvalue weighted by Crippen LogP contribution is -2.42. The first-order valence-electron chi connectivity index (χ1n) is 7.25. The van der Waals surface area contributed by atoms with E-state index in [2.05, 4.69) is 31.9 Å². The summed E-state index contributed by atoms with van der Waals surface area (Å²) in [5.74, 6) is -0.772. The van der Waals surface area contributed by atoms with Crippen molar-refractivity contribution in [3.63, 3.8) is 0 Å². The minimum atomic E-state index is -0.616. The zero-order chi connectivity index (χ0) is 17.0. The van der Waals surface area contributed by atoms with Crippen molar-refractivity contribution in [1.29, 1.82) is 0 Å². The average molecular weight is 447 g/mol. The second-order valence-corrected chi connectivity index (χ2v) is 7.33. The molecule has 1 heterocycles. The fourth-order valence-electron chi connectivity index (χ4n) is 2.60. The number of esters is 1. The van der Waals surface area contributed by atoms with E-state index >= 15 is 0 Å². The van der Waals surface area contributed by atoms with Gasteiger partial charge in [-0.1, -0.05) is 44.0 Å². The van der Waals surface area contributed by atoms with Gasteiger partial charge in [-0.05, 0) is 25.0 Å². The number of ether oxygens (including phenoxy) is 1. The van der Waals surface area contributed by atoms with Crippen molar-refractivity contribution < 1.29 is 19.1 Å². The summed E-state index contributed by atoms with van der Waals surface area (Å²) in [6, 6.07) is 6.44. The summed E-state index contributed by atoms with van der Waals surface area (Å²) in [5.41, 5.74) is 0.536. The van der Waals surface area contributed by atoms with Crippen molar-refractivity contribution >= 4 is 49.5 Å². The first-order valence-corrected chi connectivity index (χ1v) is 8.96. The van der Waals surface area contributed by atoms with Gasteiger partial charge in [0.25, 0.3) is 0 Å². The average Bonchev–Trinajstić information content (AvgIpc) is 3.03. The minimum Gasteiger partial charge on any atom is -0.467 e. The molecule has 2 atom stereocenters. The van der Waals surface area contributed by atoms with E-state index in [1.165, 1.54) is 12.0 Å². The summed E-state index contributed by atoms with van der Waals surface area (Å²) in [5, 5.41) is 0. The maximum Gasteiger partial charge on any atom is 0.328 e. The third-order valence-electron chi connectivity index (χ3n) is 3.81. The van der Waals surface area contributed by atoms with Gasteiger partial charge in [-0.25, -0.2) is 4.79 Å². The van der Waals surface area contributed by atoms with Crippen LogP contribution in [0.2, 0.25) is 0 Å². The number of likely N-dealkylation sites (tertiary alicyclic amines) is 1. The van der Waals surface area contributed by atoms with Crippen molar-refractivity contribution in [2.24, 2.45) is 0 Å². The highest BCUT2D eigenvalue weighted by molar-refractivity contribution is 9.10. The predicted octanol–water partition coefficient (Wildman–Crippen LogP) is 2.95. The Labute approximate surface area is 151 Å². The number of ketones is 1. The number of hydrogen-bond acceptors (Lipinski definition) is 4. The predicted molar refractivity (Wildman–Crippen MR) is 92.6 cm³/mol. The molecule has 0 spiro atoms. The highest BCUT2D eigenvalue weighted by Gasteiger charge is 2.36. The normalized spacial score (nSPS) is 18.6. The number of benzene rings is 1. The Bertz CT molecular complexity index is 603. The van der Waals surface area contributed by atoms with Crippen LogP contribution < -0.4 is 0 Å². The van der Waals surface area contributed by atoms with E-state index in [-0.39, 0.29) is 18.1 Å². The third kappa shape index (κ3) is 4.41. The van der Waals surface area contributed by atoms with Crippen LogP contribution >= 0.6 is 31.9 Å². The Morgan fingerprint density at radius 1 is 1.30 bits per heavy atom. The zero-order valence-corrected chi connectivity index (χ0v) is 15.8. The third-order valence-corrected chi connectivity index (χ3v) is 5.08. The molecule has 7 heteroatoms. The second kappa shape index (κ2) is 8.06. The molecule has 1 fully saturated rings. The van der Waals surface area contributed by atoms with Crippen molar-refractivity contribution in [2.75, 3.05) is 13.7 Å². The fraction of sp³-hybridized carbons (Fsp3) is 0.438. The molecule has 1 aromatic rings. The van der Waals surface area contributed by atoms with Gasteiger partial charge in [0.05, 0.1) is 11.9 Å². The van der Waals surface area contributed by atoms with E-state index < -0.39 is 16.8 Å². The number of amides is 1. The number of rotatable bonds is 5. The standard InChI is InChI=1S/C16H17Br2NO4/c1-23-16(22)13-3-2-8-19(13)14(20)9-12(18)15(21)10-4-6-11(17)7-5-10/h4-7,12-13H,2-3,8-9H2,1H3/t12?,13-/m0/s1. The van der Waals surface area contributed by atoms with Crippen molar-refractivity contribution in [1.82, 2.24) is 4.90 Å². The number of hydrogen-bond donors (Lipinski definition) is 0. The van der Waals surface area contributed by atoms with Gasteiger partial charge in [-0.2, -0.15) is 0 Å². The van der Waals surface area contributed by atoms with E-state index in [1.807, 2.05) is 0 Å². The highest BCUT2D eigenvalue weighted by Crippen LogP contribution is 2.22. The highest BCUT2D eigenvalue weighted by atomic mass is 79.9. The van der Waals surface area contributed by atoms with Crippen LogP contribution in [0.3, 0.4) is 0 Å². The lowest BCUT2D eigenvalue weighted by atomic mass is 10.1. The van der Waals surface area contributed by atoms with Gasteiger partial charge in [0.1, 0.15) is 6.04 Å². The Kier molecular flexibility index (Phi) is 6.35. The summed E-state index contributed by atoms with van der Waals surface area (Å²) < 4.78 is 5.62. The molecule has 2 rings (SSSR count). The van der Waals surface area contributed by atoms with E-state index in [4.69, 9.17) is 4.74 Å². The first kappa shape index (κ1) is 18.1. The molecule has 0 aromatic heterocycles. The van der Waals surface area contributed by atoms with Crippen LogP contribution in [-0.2, 0) is 14.3 Å². The summed E-state index contributed by atoms with van der Waals surface area (Å²) in [6.45, 7) is 0.519. The van der Waals surface area contributed by atoms with Crippen molar-refractivity contribution in [3.8, 4) is 0 Å². The molecule has 1 aromatic carbocycles. The molecule has 1 amide bonds. The zero-order valence-electron chi connectivity index (χ0n) is 12.6. The number of halogens is 2. The Morgan fingerprint density at radius 2 is 1.96 bits per heavy atom. The quantitative estimate of drug-likeness (QED) is 0.396. The molecule has 0 radical (unpaired) electrons. The number of nitrogens with zero attached hydrogens (tertiary/aromatic N) is 1. The summed E-state index contributed by atoms with van der Waals surface area (Å²) >= 11 is 6.61. The maximum atomic E-state index is 12.4. The first-order chi connectivity index (χ1) is 10.9. The SMILES string of the molecule is COC(=O)[C@@H]1CCCN1C(=O)CC(Br)C(=O)c1ccc(Br)cc1. The van der Waals surface area contributed by atoms with Crippen LogP contribution in [0.1, 0.15) is 29.6 Å². The summed E-state index contributed by atoms with van der Waals surface area (Å²) in [6.07, 6.45) is 1.38. The Morgan fingerprint density at radius 3 is 2.57 bits per heavy atom. The van der Waals surface area contributed by atoms with E-state index in [0.717, 1.165) is 10.9 Å². The van der Waals surface area contributed by atoms with Crippen molar-refractivity contribution in [2.45, 2.75) is 30.1 Å². The van der Waals surface area contributed by atoms with Gasteiger partial charge in [0, 0.05) is 23.0 Å². The van der Waals surface area contributed by atoms with E-state index in [9.17, 15) is 14.4 Å². The molecule has 1 aliphatic rings. The van der Waals surface area contributed by atoms with Crippen LogP contribution in [0.25, 0.3) is 0 Å². The number of alkyl halides is 1. The van der Waals surface area contributed by atoms with Gasteiger partial charge in [0.15, 0.2) is 5.78 Å². The number of carbonyl (C=O) groups is 3. The van der Waals surface area contributed by atoms with Gasteiger partial charge >= 0.3 is 5.97 Å². The lowest BCUT2D eigenvalue weighted by Gasteiger charge is -2.23. The number of Topliss-reactive ketones (excluding diaryl/α,β-unsaturated/α-hetero) is 1. The van der Waals surface area contributed by atoms with Crippen LogP contribution in [0.15, 0.2) is 28.7 Å². The molecular formula is C16H17Br2NO4. The minimum absolute atomic E-state index is 0.0163.